The Bertz CT molecular complexity index is 725. The number of aliphatic hydroxyl groups is 2. The molecular formula is C20H26N2O4. The van der Waals surface area contributed by atoms with Gasteiger partial charge in [-0.2, -0.15) is 0 Å². The Morgan fingerprint density at radius 3 is 3.00 bits per heavy atom. The third kappa shape index (κ3) is 2.73. The van der Waals surface area contributed by atoms with Crippen molar-refractivity contribution in [3.8, 4) is 0 Å². The highest BCUT2D eigenvalue weighted by Crippen LogP contribution is 2.42. The maximum Gasteiger partial charge on any atom is 0.224 e. The van der Waals surface area contributed by atoms with Crippen molar-refractivity contribution < 1.29 is 19.7 Å². The Morgan fingerprint density at radius 1 is 1.54 bits per heavy atom. The number of carbonyl (C=O) groups excluding carboxylic acids is 1. The summed E-state index contributed by atoms with van der Waals surface area (Å²) >= 11 is 0. The molecule has 3 N–H and O–H groups in total. The van der Waals surface area contributed by atoms with E-state index in [1.54, 1.807) is 13.2 Å². The lowest BCUT2D eigenvalue weighted by molar-refractivity contribution is -0.126. The summed E-state index contributed by atoms with van der Waals surface area (Å²) in [6.45, 7) is 5.12. The zero-order valence-corrected chi connectivity index (χ0v) is 15.0. The maximum absolute atomic E-state index is 12.2. The summed E-state index contributed by atoms with van der Waals surface area (Å²) in [6, 6.07) is -0.311. The molecule has 5 rings (SSSR count). The summed E-state index contributed by atoms with van der Waals surface area (Å²) in [5, 5.41) is 24.9. The van der Waals surface area contributed by atoms with Gasteiger partial charge < -0.3 is 20.3 Å². The molecule has 140 valence electrons. The third-order valence-corrected chi connectivity index (χ3v) is 6.36. The molecule has 5 aliphatic rings. The number of hydrogen-bond donors (Lipinski definition) is 3. The van der Waals surface area contributed by atoms with Crippen LogP contribution in [0.15, 0.2) is 47.8 Å². The van der Waals surface area contributed by atoms with E-state index >= 15 is 0 Å². The zero-order chi connectivity index (χ0) is 18.5. The summed E-state index contributed by atoms with van der Waals surface area (Å²) in [5.74, 6) is 0.730. The van der Waals surface area contributed by atoms with Crippen LogP contribution in [0, 0.1) is 5.92 Å². The molecule has 3 fully saturated rings. The predicted octanol–water partition coefficient (Wildman–Crippen LogP) is 0.644. The van der Waals surface area contributed by atoms with Crippen molar-refractivity contribution in [3.63, 3.8) is 0 Å². The number of aliphatic hydroxyl groups excluding tert-OH is 1. The van der Waals surface area contributed by atoms with E-state index in [0.29, 0.717) is 18.7 Å². The van der Waals surface area contributed by atoms with Gasteiger partial charge in [0.05, 0.1) is 31.3 Å². The molecule has 0 radical (unpaired) electrons. The summed E-state index contributed by atoms with van der Waals surface area (Å²) < 4.78 is 5.32. The van der Waals surface area contributed by atoms with Crippen molar-refractivity contribution in [2.45, 2.75) is 43.1 Å². The van der Waals surface area contributed by atoms with Crippen LogP contribution >= 0.6 is 0 Å². The molecule has 4 aliphatic heterocycles. The highest BCUT2D eigenvalue weighted by Gasteiger charge is 2.50. The average Bonchev–Trinajstić information content (AvgIpc) is 2.66. The molecule has 0 aromatic rings. The topological polar surface area (TPSA) is 82.0 Å². The smallest absolute Gasteiger partial charge is 0.224 e. The van der Waals surface area contributed by atoms with Crippen molar-refractivity contribution in [1.82, 2.24) is 10.2 Å². The molecule has 3 saturated heterocycles. The van der Waals surface area contributed by atoms with E-state index in [0.717, 1.165) is 24.1 Å². The van der Waals surface area contributed by atoms with E-state index in [2.05, 4.69) is 16.8 Å². The van der Waals surface area contributed by atoms with Crippen LogP contribution in [0.1, 0.15) is 19.3 Å². The van der Waals surface area contributed by atoms with Crippen molar-refractivity contribution in [2.75, 3.05) is 20.2 Å². The number of amides is 1. The highest BCUT2D eigenvalue weighted by atomic mass is 16.5. The van der Waals surface area contributed by atoms with E-state index < -0.39 is 11.7 Å². The van der Waals surface area contributed by atoms with Crippen LogP contribution in [0.4, 0.5) is 0 Å². The molecule has 0 aromatic heterocycles. The molecule has 26 heavy (non-hydrogen) atoms. The average molecular weight is 358 g/mol. The first-order chi connectivity index (χ1) is 12.4. The first kappa shape index (κ1) is 17.5. The van der Waals surface area contributed by atoms with Crippen LogP contribution in [-0.4, -0.2) is 65.0 Å². The van der Waals surface area contributed by atoms with Gasteiger partial charge in [0.15, 0.2) is 0 Å². The minimum atomic E-state index is -0.880. The van der Waals surface area contributed by atoms with Gasteiger partial charge in [-0.15, -0.1) is 6.58 Å². The van der Waals surface area contributed by atoms with Crippen molar-refractivity contribution in [1.29, 1.82) is 0 Å². The van der Waals surface area contributed by atoms with Gasteiger partial charge in [-0.3, -0.25) is 9.69 Å². The number of nitrogens with one attached hydrogen (secondary N) is 1. The Morgan fingerprint density at radius 2 is 2.35 bits per heavy atom. The molecule has 6 atom stereocenters. The number of methoxy groups -OCH3 is 1. The number of ether oxygens (including phenoxy) is 1. The Balaban J connectivity index is 1.65. The van der Waals surface area contributed by atoms with Crippen LogP contribution < -0.4 is 5.32 Å². The number of hydrogen-bond acceptors (Lipinski definition) is 5. The standard InChI is InChI=1S/C20H26N2O4/c1-3-20(25)11-22-7-6-12(20)8-17(22)19(24)15-10-18(23)21-16-5-4-13(26-2)9-14(15)16/h3-5,9,12,16-17,19,24-25H,1,6-8,10-11H2,2H3,(H,21,23)/t12-,16+,17+,19-,20-/m1/s1. The second-order valence-corrected chi connectivity index (χ2v) is 7.71. The highest BCUT2D eigenvalue weighted by molar-refractivity contribution is 5.83. The molecule has 1 aliphatic carbocycles. The van der Waals surface area contributed by atoms with Gasteiger partial charge in [0.1, 0.15) is 5.76 Å². The summed E-state index contributed by atoms with van der Waals surface area (Å²) in [7, 11) is 1.61. The number of nitrogens with zero attached hydrogens (tertiary/aromatic N) is 1. The number of fused-ring (bicyclic) bond motifs is 4. The summed E-state index contributed by atoms with van der Waals surface area (Å²) in [5.41, 5.74) is 0.797. The van der Waals surface area contributed by atoms with E-state index in [-0.39, 0.29) is 30.3 Å². The maximum atomic E-state index is 12.2. The van der Waals surface area contributed by atoms with Crippen molar-refractivity contribution in [2.24, 2.45) is 5.92 Å². The molecule has 1 amide bonds. The molecule has 4 heterocycles. The summed E-state index contributed by atoms with van der Waals surface area (Å²) in [6.07, 6.45) is 8.31. The quantitative estimate of drug-likeness (QED) is 0.643. The second-order valence-electron chi connectivity index (χ2n) is 7.71. The molecular weight excluding hydrogens is 332 g/mol. The number of carbonyl (C=O) groups is 1. The number of piperidine rings is 3. The fraction of sp³-hybridized carbons (Fsp3) is 0.550. The van der Waals surface area contributed by atoms with E-state index in [1.807, 2.05) is 18.2 Å². The molecule has 0 spiro atoms. The van der Waals surface area contributed by atoms with Gasteiger partial charge in [0.2, 0.25) is 5.91 Å². The lowest BCUT2D eigenvalue weighted by Gasteiger charge is -2.54. The van der Waals surface area contributed by atoms with Gasteiger partial charge in [-0.1, -0.05) is 12.2 Å². The van der Waals surface area contributed by atoms with E-state index in [9.17, 15) is 15.0 Å². The first-order valence-electron chi connectivity index (χ1n) is 9.19. The molecule has 6 heteroatoms. The molecule has 0 aromatic carbocycles. The molecule has 0 saturated carbocycles. The van der Waals surface area contributed by atoms with Gasteiger partial charge >= 0.3 is 0 Å². The molecule has 1 unspecified atom stereocenters. The number of rotatable bonds is 4. The normalized spacial score (nSPS) is 39.8. The van der Waals surface area contributed by atoms with Gasteiger partial charge in [-0.05, 0) is 48.6 Å². The van der Waals surface area contributed by atoms with Gasteiger partial charge in [0.25, 0.3) is 0 Å². The fourth-order valence-electron chi connectivity index (χ4n) is 4.85. The van der Waals surface area contributed by atoms with E-state index in [4.69, 9.17) is 4.74 Å². The predicted molar refractivity (Wildman–Crippen MR) is 97.0 cm³/mol. The van der Waals surface area contributed by atoms with Crippen LogP contribution in [0.3, 0.4) is 0 Å². The van der Waals surface area contributed by atoms with Crippen LogP contribution in [0.5, 0.6) is 0 Å². The summed E-state index contributed by atoms with van der Waals surface area (Å²) in [4.78, 5) is 14.3. The SMILES string of the molecule is C=C[C@@]1(O)CN2CC[C@@H]1C[C@H]2[C@H](O)C1=C2C=C(OC)C=C[C@@H]2NC(=O)C1. The Kier molecular flexibility index (Phi) is 4.29. The van der Waals surface area contributed by atoms with Crippen molar-refractivity contribution >= 4 is 5.91 Å². The minimum absolute atomic E-state index is 0.0784. The van der Waals surface area contributed by atoms with Gasteiger partial charge in [-0.25, -0.2) is 0 Å². The first-order valence-corrected chi connectivity index (χ1v) is 9.19. The fourth-order valence-corrected chi connectivity index (χ4v) is 4.85. The Labute approximate surface area is 153 Å². The van der Waals surface area contributed by atoms with Crippen LogP contribution in [0.25, 0.3) is 0 Å². The van der Waals surface area contributed by atoms with Crippen LogP contribution in [0.2, 0.25) is 0 Å². The zero-order valence-electron chi connectivity index (χ0n) is 15.0. The number of allylic oxidation sites excluding steroid dienone is 1. The minimum Gasteiger partial charge on any atom is -0.497 e. The van der Waals surface area contributed by atoms with Gasteiger partial charge in [0, 0.05) is 12.6 Å². The third-order valence-electron chi connectivity index (χ3n) is 6.36. The monoisotopic (exact) mass is 358 g/mol. The van der Waals surface area contributed by atoms with Crippen molar-refractivity contribution in [3.05, 3.63) is 47.8 Å². The second kappa shape index (κ2) is 6.37. The molecule has 2 bridgehead atoms. The lowest BCUT2D eigenvalue weighted by Crippen LogP contribution is -2.65. The molecule has 6 nitrogen and oxygen atoms in total. The van der Waals surface area contributed by atoms with Crippen LogP contribution in [-0.2, 0) is 9.53 Å². The Hall–Kier alpha value is -1.89. The lowest BCUT2D eigenvalue weighted by atomic mass is 9.70. The van der Waals surface area contributed by atoms with E-state index in [1.165, 1.54) is 0 Å². The largest absolute Gasteiger partial charge is 0.497 e.